The van der Waals surface area contributed by atoms with Crippen LogP contribution in [-0.2, 0) is 4.79 Å². The number of carbonyl (C=O) groups is 1. The lowest BCUT2D eigenvalue weighted by molar-refractivity contribution is -0.128. The zero-order valence-corrected chi connectivity index (χ0v) is 14.3. The minimum Gasteiger partial charge on any atom is -0.345 e. The predicted octanol–water partition coefficient (Wildman–Crippen LogP) is 3.23. The highest BCUT2D eigenvalue weighted by atomic mass is 35.5. The van der Waals surface area contributed by atoms with E-state index in [-0.39, 0.29) is 11.9 Å². The lowest BCUT2D eigenvalue weighted by Crippen LogP contribution is -2.55. The van der Waals surface area contributed by atoms with E-state index in [9.17, 15) is 4.79 Å². The summed E-state index contributed by atoms with van der Waals surface area (Å²) in [5.41, 5.74) is 6.25. The van der Waals surface area contributed by atoms with Gasteiger partial charge in [0.1, 0.15) is 0 Å². The number of nitrogens with one attached hydrogen (secondary N) is 1. The molecule has 0 bridgehead atoms. The van der Waals surface area contributed by atoms with Gasteiger partial charge in [0.25, 0.3) is 5.89 Å². The van der Waals surface area contributed by atoms with Crippen LogP contribution >= 0.6 is 11.6 Å². The molecule has 7 heteroatoms. The molecule has 128 valence electrons. The van der Waals surface area contributed by atoms with Crippen molar-refractivity contribution in [3.05, 3.63) is 35.1 Å². The second kappa shape index (κ2) is 6.91. The third-order valence-electron chi connectivity index (χ3n) is 4.47. The van der Waals surface area contributed by atoms with E-state index < -0.39 is 5.54 Å². The molecule has 1 saturated carbocycles. The Labute approximate surface area is 145 Å². The van der Waals surface area contributed by atoms with Gasteiger partial charge in [0.2, 0.25) is 5.91 Å². The second-order valence-electron chi connectivity index (χ2n) is 6.38. The summed E-state index contributed by atoms with van der Waals surface area (Å²) in [7, 11) is 0. The topological polar surface area (TPSA) is 94.0 Å². The summed E-state index contributed by atoms with van der Waals surface area (Å²) in [4.78, 5) is 16.8. The average molecular weight is 349 g/mol. The number of carbonyl (C=O) groups excluding carboxylic acids is 1. The van der Waals surface area contributed by atoms with Crippen LogP contribution in [0.4, 0.5) is 0 Å². The molecular formula is C17H21ClN4O2. The molecule has 1 aliphatic rings. The lowest BCUT2D eigenvalue weighted by atomic mass is 9.82. The van der Waals surface area contributed by atoms with Crippen LogP contribution < -0.4 is 11.1 Å². The summed E-state index contributed by atoms with van der Waals surface area (Å²) in [5, 5.41) is 7.51. The molecule has 1 fully saturated rings. The van der Waals surface area contributed by atoms with Gasteiger partial charge in [0, 0.05) is 10.6 Å². The van der Waals surface area contributed by atoms with E-state index in [0.717, 1.165) is 24.8 Å². The third kappa shape index (κ3) is 3.60. The molecule has 6 nitrogen and oxygen atoms in total. The van der Waals surface area contributed by atoms with Gasteiger partial charge in [0.15, 0.2) is 5.82 Å². The summed E-state index contributed by atoms with van der Waals surface area (Å²) in [5.74, 6) is 0.670. The Morgan fingerprint density at radius 3 is 2.62 bits per heavy atom. The summed E-state index contributed by atoms with van der Waals surface area (Å²) in [6.07, 6.45) is 4.54. The molecular weight excluding hydrogens is 328 g/mol. The summed E-state index contributed by atoms with van der Waals surface area (Å²) in [6.45, 7) is 1.82. The van der Waals surface area contributed by atoms with Crippen LogP contribution in [0.3, 0.4) is 0 Å². The Morgan fingerprint density at radius 2 is 1.96 bits per heavy atom. The van der Waals surface area contributed by atoms with Crippen LogP contribution in [0.15, 0.2) is 28.8 Å². The summed E-state index contributed by atoms with van der Waals surface area (Å²) < 4.78 is 5.28. The van der Waals surface area contributed by atoms with Crippen molar-refractivity contribution < 1.29 is 9.32 Å². The first-order valence-electron chi connectivity index (χ1n) is 8.17. The molecule has 1 amide bonds. The molecule has 24 heavy (non-hydrogen) atoms. The normalized spacial score (nSPS) is 18.1. The maximum absolute atomic E-state index is 12.5. The minimum absolute atomic E-state index is 0.146. The minimum atomic E-state index is -0.782. The van der Waals surface area contributed by atoms with Crippen molar-refractivity contribution in [2.24, 2.45) is 5.73 Å². The Balaban J connectivity index is 1.68. The largest absolute Gasteiger partial charge is 0.345 e. The first kappa shape index (κ1) is 16.9. The number of hydrogen-bond donors (Lipinski definition) is 2. The van der Waals surface area contributed by atoms with Crippen LogP contribution in [0.25, 0.3) is 11.5 Å². The Morgan fingerprint density at radius 1 is 1.29 bits per heavy atom. The first-order valence-corrected chi connectivity index (χ1v) is 8.55. The highest BCUT2D eigenvalue weighted by Crippen LogP contribution is 2.27. The van der Waals surface area contributed by atoms with E-state index in [2.05, 4.69) is 15.5 Å². The van der Waals surface area contributed by atoms with Gasteiger partial charge < -0.3 is 15.6 Å². The fourth-order valence-electron chi connectivity index (χ4n) is 2.94. The zero-order chi connectivity index (χ0) is 17.2. The van der Waals surface area contributed by atoms with Gasteiger partial charge in [-0.25, -0.2) is 0 Å². The number of hydrogen-bond acceptors (Lipinski definition) is 5. The molecule has 0 saturated heterocycles. The van der Waals surface area contributed by atoms with Crippen molar-refractivity contribution in [3.8, 4) is 11.5 Å². The Hall–Kier alpha value is -1.92. The maximum Gasteiger partial charge on any atom is 0.257 e. The molecule has 1 atom stereocenters. The van der Waals surface area contributed by atoms with Crippen molar-refractivity contribution in [3.63, 3.8) is 0 Å². The van der Waals surface area contributed by atoms with E-state index in [1.807, 2.05) is 6.92 Å². The smallest absolute Gasteiger partial charge is 0.257 e. The number of halogens is 1. The Kier molecular flexibility index (Phi) is 4.87. The zero-order valence-electron chi connectivity index (χ0n) is 13.6. The quantitative estimate of drug-likeness (QED) is 0.884. The molecule has 1 aromatic heterocycles. The van der Waals surface area contributed by atoms with E-state index in [1.165, 1.54) is 0 Å². The Bertz CT molecular complexity index is 708. The van der Waals surface area contributed by atoms with Gasteiger partial charge >= 0.3 is 0 Å². The van der Waals surface area contributed by atoms with E-state index in [1.54, 1.807) is 24.3 Å². The predicted molar refractivity (Wildman–Crippen MR) is 91.3 cm³/mol. The number of benzene rings is 1. The van der Waals surface area contributed by atoms with Crippen LogP contribution in [0, 0.1) is 0 Å². The van der Waals surface area contributed by atoms with Gasteiger partial charge in [0.05, 0.1) is 11.6 Å². The average Bonchev–Trinajstić information content (AvgIpc) is 3.06. The number of nitrogens with two attached hydrogens (primary N) is 1. The van der Waals surface area contributed by atoms with Gasteiger partial charge in [-0.1, -0.05) is 36.0 Å². The second-order valence-corrected chi connectivity index (χ2v) is 6.81. The molecule has 0 aliphatic heterocycles. The van der Waals surface area contributed by atoms with Crippen molar-refractivity contribution >= 4 is 17.5 Å². The fraction of sp³-hybridized carbons (Fsp3) is 0.471. The monoisotopic (exact) mass is 348 g/mol. The van der Waals surface area contributed by atoms with E-state index >= 15 is 0 Å². The molecule has 2 aromatic rings. The van der Waals surface area contributed by atoms with Crippen LogP contribution in [0.5, 0.6) is 0 Å². The lowest BCUT2D eigenvalue weighted by Gasteiger charge is -2.32. The maximum atomic E-state index is 12.5. The molecule has 3 N–H and O–H groups in total. The molecule has 1 aromatic carbocycles. The number of nitrogens with zero attached hydrogens (tertiary/aromatic N) is 2. The molecule has 0 spiro atoms. The molecule has 3 rings (SSSR count). The van der Waals surface area contributed by atoms with Gasteiger partial charge in [-0.3, -0.25) is 4.79 Å². The van der Waals surface area contributed by atoms with Crippen molar-refractivity contribution in [1.82, 2.24) is 15.5 Å². The number of rotatable bonds is 4. The standard InChI is InChI=1S/C17H21ClN4O2/c1-11(20-16(23)17(19)9-3-2-4-10-17)14-21-15(24-22-14)12-5-7-13(18)8-6-12/h5-8,11H,2-4,9-10,19H2,1H3,(H,20,23). The molecule has 1 heterocycles. The number of amides is 1. The van der Waals surface area contributed by atoms with Crippen molar-refractivity contribution in [1.29, 1.82) is 0 Å². The fourth-order valence-corrected chi connectivity index (χ4v) is 3.06. The van der Waals surface area contributed by atoms with Crippen LogP contribution in [0.2, 0.25) is 5.02 Å². The molecule has 1 unspecified atom stereocenters. The number of aromatic nitrogens is 2. The third-order valence-corrected chi connectivity index (χ3v) is 4.72. The van der Waals surface area contributed by atoms with E-state index in [4.69, 9.17) is 21.9 Å². The molecule has 0 radical (unpaired) electrons. The summed E-state index contributed by atoms with van der Waals surface area (Å²) >= 11 is 5.87. The van der Waals surface area contributed by atoms with Crippen LogP contribution in [0.1, 0.15) is 50.9 Å². The first-order chi connectivity index (χ1) is 11.5. The highest BCUT2D eigenvalue weighted by Gasteiger charge is 2.36. The molecule has 1 aliphatic carbocycles. The van der Waals surface area contributed by atoms with Crippen LogP contribution in [-0.4, -0.2) is 21.6 Å². The van der Waals surface area contributed by atoms with E-state index in [0.29, 0.717) is 29.6 Å². The highest BCUT2D eigenvalue weighted by molar-refractivity contribution is 6.30. The SMILES string of the molecule is CC(NC(=O)C1(N)CCCCC1)c1noc(-c2ccc(Cl)cc2)n1. The van der Waals surface area contributed by atoms with Crippen molar-refractivity contribution in [2.75, 3.05) is 0 Å². The van der Waals surface area contributed by atoms with Gasteiger partial charge in [-0.15, -0.1) is 0 Å². The van der Waals surface area contributed by atoms with Crippen molar-refractivity contribution in [2.45, 2.75) is 50.6 Å². The summed E-state index contributed by atoms with van der Waals surface area (Å²) in [6, 6.07) is 6.75. The van der Waals surface area contributed by atoms with Gasteiger partial charge in [-0.2, -0.15) is 4.98 Å². The van der Waals surface area contributed by atoms with Gasteiger partial charge in [-0.05, 0) is 44.0 Å².